The van der Waals surface area contributed by atoms with Gasteiger partial charge in [-0.2, -0.15) is 4.52 Å². The molecule has 0 aliphatic heterocycles. The lowest BCUT2D eigenvalue weighted by atomic mass is 10.1. The Morgan fingerprint density at radius 2 is 1.93 bits per heavy atom. The Bertz CT molecular complexity index is 969. The number of ether oxygens (including phenoxy) is 1. The molecule has 0 spiro atoms. The summed E-state index contributed by atoms with van der Waals surface area (Å²) in [5.41, 5.74) is 6.55. The lowest BCUT2D eigenvalue weighted by molar-refractivity contribution is 0.140. The molecule has 0 aliphatic carbocycles. The van der Waals surface area contributed by atoms with Gasteiger partial charge in [0, 0.05) is 25.2 Å². The van der Waals surface area contributed by atoms with Crippen molar-refractivity contribution >= 4 is 33.5 Å². The Kier molecular flexibility index (Phi) is 5.93. The van der Waals surface area contributed by atoms with Gasteiger partial charge in [-0.1, -0.05) is 27.7 Å². The highest BCUT2D eigenvalue weighted by molar-refractivity contribution is 9.10. The van der Waals surface area contributed by atoms with Crippen molar-refractivity contribution in [3.05, 3.63) is 28.9 Å². The monoisotopic (exact) mass is 449 g/mol. The third kappa shape index (κ3) is 4.64. The second-order valence-electron chi connectivity index (χ2n) is 7.49. The first-order valence-corrected chi connectivity index (χ1v) is 9.91. The highest BCUT2D eigenvalue weighted by Gasteiger charge is 2.20. The number of fused-ring (bicyclic) bond motifs is 1. The second-order valence-corrected chi connectivity index (χ2v) is 8.27. The lowest BCUT2D eigenvalue weighted by Crippen LogP contribution is -2.38. The SMILES string of the molecule is CC(C)CN(CC(C)C)C(=O)Oc1cc(N)n2nc(-c3ccc(Br)o3)nc2c1. The highest BCUT2D eigenvalue weighted by Crippen LogP contribution is 2.25. The number of anilines is 1. The zero-order chi connectivity index (χ0) is 20.4. The van der Waals surface area contributed by atoms with Crippen LogP contribution in [0.1, 0.15) is 27.7 Å². The van der Waals surface area contributed by atoms with Gasteiger partial charge in [-0.15, -0.1) is 5.10 Å². The molecule has 28 heavy (non-hydrogen) atoms. The van der Waals surface area contributed by atoms with Crippen LogP contribution in [-0.4, -0.2) is 38.7 Å². The van der Waals surface area contributed by atoms with Crippen LogP contribution in [0.5, 0.6) is 5.75 Å². The summed E-state index contributed by atoms with van der Waals surface area (Å²) in [6.07, 6.45) is -0.402. The van der Waals surface area contributed by atoms with Crippen LogP contribution in [-0.2, 0) is 0 Å². The minimum Gasteiger partial charge on any atom is -0.446 e. The number of pyridine rings is 1. The number of carbonyl (C=O) groups excluding carboxylic acids is 1. The van der Waals surface area contributed by atoms with E-state index in [9.17, 15) is 4.79 Å². The standard InChI is InChI=1S/C19H24BrN5O3/c1-11(2)9-24(10-12(3)4)19(26)27-13-7-16(21)25-17(8-13)22-18(23-25)14-5-6-15(20)28-14/h5-8,11-12H,9-10,21H2,1-4H3. The number of furan rings is 1. The van der Waals surface area contributed by atoms with E-state index in [1.807, 2.05) is 0 Å². The molecule has 3 heterocycles. The van der Waals surface area contributed by atoms with Crippen LogP contribution in [0.3, 0.4) is 0 Å². The maximum absolute atomic E-state index is 12.7. The van der Waals surface area contributed by atoms with Gasteiger partial charge in [0.05, 0.1) is 0 Å². The summed E-state index contributed by atoms with van der Waals surface area (Å²) in [6.45, 7) is 9.50. The fraction of sp³-hybridized carbons (Fsp3) is 0.421. The van der Waals surface area contributed by atoms with E-state index in [1.54, 1.807) is 29.2 Å². The smallest absolute Gasteiger partial charge is 0.415 e. The summed E-state index contributed by atoms with van der Waals surface area (Å²) in [6, 6.07) is 6.71. The van der Waals surface area contributed by atoms with Gasteiger partial charge < -0.3 is 19.8 Å². The third-order valence-corrected chi connectivity index (χ3v) is 4.29. The van der Waals surface area contributed by atoms with Gasteiger partial charge >= 0.3 is 6.09 Å². The van der Waals surface area contributed by atoms with Crippen molar-refractivity contribution in [1.82, 2.24) is 19.5 Å². The van der Waals surface area contributed by atoms with Crippen LogP contribution in [0.15, 0.2) is 33.4 Å². The Morgan fingerprint density at radius 1 is 1.25 bits per heavy atom. The minimum absolute atomic E-state index is 0.309. The van der Waals surface area contributed by atoms with Gasteiger partial charge in [0.25, 0.3) is 0 Å². The Morgan fingerprint density at radius 3 is 2.50 bits per heavy atom. The van der Waals surface area contributed by atoms with Crippen molar-refractivity contribution in [2.75, 3.05) is 18.8 Å². The van der Waals surface area contributed by atoms with Crippen LogP contribution >= 0.6 is 15.9 Å². The van der Waals surface area contributed by atoms with Crippen LogP contribution in [0.2, 0.25) is 0 Å². The molecule has 0 radical (unpaired) electrons. The zero-order valence-electron chi connectivity index (χ0n) is 16.3. The molecule has 0 aromatic carbocycles. The van der Waals surface area contributed by atoms with E-state index in [0.29, 0.717) is 58.4 Å². The van der Waals surface area contributed by atoms with Gasteiger partial charge in [0.1, 0.15) is 11.6 Å². The molecule has 0 unspecified atom stereocenters. The van der Waals surface area contributed by atoms with Gasteiger partial charge in [-0.25, -0.2) is 9.78 Å². The number of carbonyl (C=O) groups is 1. The Labute approximate surface area is 171 Å². The van der Waals surface area contributed by atoms with E-state index in [0.717, 1.165) is 0 Å². The lowest BCUT2D eigenvalue weighted by Gasteiger charge is -2.25. The molecule has 8 nitrogen and oxygen atoms in total. The van der Waals surface area contributed by atoms with Crippen molar-refractivity contribution < 1.29 is 13.9 Å². The molecule has 3 aromatic heterocycles. The number of nitrogen functional groups attached to an aromatic ring is 1. The summed E-state index contributed by atoms with van der Waals surface area (Å²) in [4.78, 5) is 18.8. The van der Waals surface area contributed by atoms with E-state index in [2.05, 4.69) is 53.7 Å². The predicted molar refractivity (Wildman–Crippen MR) is 110 cm³/mol. The molecule has 3 rings (SSSR count). The molecule has 0 fully saturated rings. The number of aromatic nitrogens is 3. The number of nitrogens with two attached hydrogens (primary N) is 1. The van der Waals surface area contributed by atoms with Crippen molar-refractivity contribution in [1.29, 1.82) is 0 Å². The summed E-state index contributed by atoms with van der Waals surface area (Å²) >= 11 is 3.26. The van der Waals surface area contributed by atoms with Crippen LogP contribution in [0.4, 0.5) is 10.6 Å². The normalized spacial score (nSPS) is 11.5. The van der Waals surface area contributed by atoms with Crippen molar-refractivity contribution in [3.8, 4) is 17.3 Å². The molecule has 0 saturated carbocycles. The molecular weight excluding hydrogens is 426 g/mol. The number of hydrogen-bond donors (Lipinski definition) is 1. The molecule has 0 aliphatic rings. The number of hydrogen-bond acceptors (Lipinski definition) is 6. The average molecular weight is 450 g/mol. The molecule has 0 saturated heterocycles. The molecule has 9 heteroatoms. The van der Waals surface area contributed by atoms with Crippen molar-refractivity contribution in [3.63, 3.8) is 0 Å². The summed E-state index contributed by atoms with van der Waals surface area (Å²) < 4.78 is 13.1. The average Bonchev–Trinajstić information content (AvgIpc) is 3.19. The van der Waals surface area contributed by atoms with Crippen LogP contribution in [0.25, 0.3) is 17.2 Å². The Hall–Kier alpha value is -2.55. The van der Waals surface area contributed by atoms with E-state index < -0.39 is 6.09 Å². The molecule has 3 aromatic rings. The number of nitrogens with zero attached hydrogens (tertiary/aromatic N) is 4. The number of rotatable bonds is 6. The van der Waals surface area contributed by atoms with Gasteiger partial charge in [0.15, 0.2) is 16.1 Å². The van der Waals surface area contributed by atoms with Gasteiger partial charge in [0.2, 0.25) is 5.82 Å². The zero-order valence-corrected chi connectivity index (χ0v) is 17.9. The Balaban J connectivity index is 1.85. The minimum atomic E-state index is -0.402. The number of halogens is 1. The maximum atomic E-state index is 12.7. The fourth-order valence-electron chi connectivity index (χ4n) is 2.85. The first kappa shape index (κ1) is 20.2. The number of amides is 1. The topological polar surface area (TPSA) is 98.9 Å². The van der Waals surface area contributed by atoms with Crippen LogP contribution in [0, 0.1) is 11.8 Å². The molecule has 2 N–H and O–H groups in total. The van der Waals surface area contributed by atoms with Crippen LogP contribution < -0.4 is 10.5 Å². The molecule has 0 atom stereocenters. The van der Waals surface area contributed by atoms with E-state index in [4.69, 9.17) is 14.9 Å². The second kappa shape index (κ2) is 8.22. The summed E-state index contributed by atoms with van der Waals surface area (Å²) in [5, 5.41) is 4.35. The predicted octanol–water partition coefficient (Wildman–Crippen LogP) is 4.45. The molecular formula is C19H24BrN5O3. The van der Waals surface area contributed by atoms with Gasteiger partial charge in [-0.05, 0) is 39.9 Å². The quantitative estimate of drug-likeness (QED) is 0.596. The van der Waals surface area contributed by atoms with Gasteiger partial charge in [-0.3, -0.25) is 0 Å². The third-order valence-electron chi connectivity index (χ3n) is 3.87. The fourth-order valence-corrected chi connectivity index (χ4v) is 3.16. The van der Waals surface area contributed by atoms with E-state index in [1.165, 1.54) is 4.52 Å². The van der Waals surface area contributed by atoms with E-state index >= 15 is 0 Å². The first-order valence-electron chi connectivity index (χ1n) is 9.11. The highest BCUT2D eigenvalue weighted by atomic mass is 79.9. The van der Waals surface area contributed by atoms with E-state index in [-0.39, 0.29) is 0 Å². The van der Waals surface area contributed by atoms with Crippen molar-refractivity contribution in [2.45, 2.75) is 27.7 Å². The molecule has 150 valence electrons. The summed E-state index contributed by atoms with van der Waals surface area (Å²) in [7, 11) is 0. The maximum Gasteiger partial charge on any atom is 0.415 e. The molecule has 1 amide bonds. The first-order chi connectivity index (χ1) is 13.2. The summed E-state index contributed by atoms with van der Waals surface area (Å²) in [5.74, 6) is 2.21. The largest absolute Gasteiger partial charge is 0.446 e. The molecule has 0 bridgehead atoms. The van der Waals surface area contributed by atoms with Crippen molar-refractivity contribution in [2.24, 2.45) is 11.8 Å².